The number of carbonyl (C=O) groups is 1. The molecule has 1 heterocycles. The highest BCUT2D eigenvalue weighted by molar-refractivity contribution is 6.42. The fourth-order valence-corrected chi connectivity index (χ4v) is 2.92. The molecule has 142 valence electrons. The van der Waals surface area contributed by atoms with Crippen molar-refractivity contribution < 1.29 is 9.53 Å². The number of aromatic amines is 1. The van der Waals surface area contributed by atoms with Gasteiger partial charge in [0.05, 0.1) is 21.1 Å². The summed E-state index contributed by atoms with van der Waals surface area (Å²) in [6.07, 6.45) is -1.14. The summed E-state index contributed by atoms with van der Waals surface area (Å²) < 4.78 is 5.42. The fourth-order valence-electron chi connectivity index (χ4n) is 2.63. The number of nitrogens with zero attached hydrogens (tertiary/aromatic N) is 1. The van der Waals surface area contributed by atoms with Gasteiger partial charge in [0, 0.05) is 5.69 Å². The SMILES string of the molecule is C[C@H](OC(=O)Nc1ccc(Cl)c(Cl)c1)c1nc2ccc(C(C)(C)C)cc2[nH]1. The number of nitrogens with one attached hydrogen (secondary N) is 2. The monoisotopic (exact) mass is 405 g/mol. The smallest absolute Gasteiger partial charge is 0.412 e. The van der Waals surface area contributed by atoms with E-state index in [1.807, 2.05) is 6.07 Å². The molecule has 2 aromatic carbocycles. The first-order chi connectivity index (χ1) is 12.6. The number of carbonyl (C=O) groups excluding carboxylic acids is 1. The molecule has 0 aliphatic rings. The molecule has 0 unspecified atom stereocenters. The summed E-state index contributed by atoms with van der Waals surface area (Å²) in [4.78, 5) is 19.9. The van der Waals surface area contributed by atoms with Crippen LogP contribution in [-0.2, 0) is 10.2 Å². The predicted octanol–water partition coefficient (Wildman–Crippen LogP) is 6.48. The van der Waals surface area contributed by atoms with Crippen LogP contribution in [0.1, 0.15) is 45.2 Å². The maximum atomic E-state index is 12.1. The minimum atomic E-state index is -0.600. The third-order valence-corrected chi connectivity index (χ3v) is 4.94. The summed E-state index contributed by atoms with van der Waals surface area (Å²) in [7, 11) is 0. The number of ether oxygens (including phenoxy) is 1. The van der Waals surface area contributed by atoms with Crippen molar-refractivity contribution in [1.82, 2.24) is 9.97 Å². The Balaban J connectivity index is 1.72. The van der Waals surface area contributed by atoms with Crippen LogP contribution >= 0.6 is 23.2 Å². The third kappa shape index (κ3) is 4.54. The van der Waals surface area contributed by atoms with Gasteiger partial charge in [-0.25, -0.2) is 9.78 Å². The maximum absolute atomic E-state index is 12.1. The van der Waals surface area contributed by atoms with Gasteiger partial charge >= 0.3 is 6.09 Å². The molecule has 2 N–H and O–H groups in total. The zero-order valence-electron chi connectivity index (χ0n) is 15.6. The van der Waals surface area contributed by atoms with Gasteiger partial charge in [-0.15, -0.1) is 0 Å². The van der Waals surface area contributed by atoms with E-state index in [1.165, 1.54) is 5.56 Å². The largest absolute Gasteiger partial charge is 0.438 e. The Morgan fingerprint density at radius 2 is 1.89 bits per heavy atom. The van der Waals surface area contributed by atoms with Gasteiger partial charge in [0.15, 0.2) is 6.10 Å². The first-order valence-corrected chi connectivity index (χ1v) is 9.32. The second-order valence-electron chi connectivity index (χ2n) is 7.41. The summed E-state index contributed by atoms with van der Waals surface area (Å²) in [5, 5.41) is 3.40. The van der Waals surface area contributed by atoms with E-state index < -0.39 is 12.2 Å². The predicted molar refractivity (Wildman–Crippen MR) is 110 cm³/mol. The van der Waals surface area contributed by atoms with E-state index in [9.17, 15) is 4.79 Å². The highest BCUT2D eigenvalue weighted by atomic mass is 35.5. The average Bonchev–Trinajstić information content (AvgIpc) is 3.00. The molecule has 7 heteroatoms. The van der Waals surface area contributed by atoms with Crippen LogP contribution in [-0.4, -0.2) is 16.1 Å². The Morgan fingerprint density at radius 1 is 1.15 bits per heavy atom. The Labute approximate surface area is 168 Å². The van der Waals surface area contributed by atoms with Gasteiger partial charge in [-0.3, -0.25) is 5.32 Å². The summed E-state index contributed by atoms with van der Waals surface area (Å²) in [6.45, 7) is 8.23. The molecular formula is C20H21Cl2N3O2. The average molecular weight is 406 g/mol. The zero-order valence-corrected chi connectivity index (χ0v) is 17.1. The number of H-pyrrole nitrogens is 1. The van der Waals surface area contributed by atoms with Crippen molar-refractivity contribution in [1.29, 1.82) is 0 Å². The van der Waals surface area contributed by atoms with E-state index in [-0.39, 0.29) is 5.41 Å². The topological polar surface area (TPSA) is 67.0 Å². The van der Waals surface area contributed by atoms with Crippen LogP contribution in [0.4, 0.5) is 10.5 Å². The lowest BCUT2D eigenvalue weighted by molar-refractivity contribution is 0.117. The Morgan fingerprint density at radius 3 is 2.56 bits per heavy atom. The highest BCUT2D eigenvalue weighted by Gasteiger charge is 2.18. The molecule has 1 aromatic heterocycles. The molecule has 3 rings (SSSR count). The summed E-state index contributed by atoms with van der Waals surface area (Å²) in [6, 6.07) is 10.9. The number of imidazole rings is 1. The highest BCUT2D eigenvalue weighted by Crippen LogP contribution is 2.27. The van der Waals surface area contributed by atoms with Crippen LogP contribution < -0.4 is 5.32 Å². The maximum Gasteiger partial charge on any atom is 0.412 e. The molecule has 0 saturated heterocycles. The lowest BCUT2D eigenvalue weighted by Gasteiger charge is -2.18. The molecule has 0 aliphatic carbocycles. The third-order valence-electron chi connectivity index (χ3n) is 4.20. The second-order valence-corrected chi connectivity index (χ2v) is 8.22. The quantitative estimate of drug-likeness (QED) is 0.523. The number of benzene rings is 2. The number of halogens is 2. The van der Waals surface area contributed by atoms with Gasteiger partial charge in [0.1, 0.15) is 5.82 Å². The lowest BCUT2D eigenvalue weighted by Crippen LogP contribution is -2.16. The van der Waals surface area contributed by atoms with E-state index in [2.05, 4.69) is 48.2 Å². The van der Waals surface area contributed by atoms with Crippen LogP contribution in [0.15, 0.2) is 36.4 Å². The molecule has 0 aliphatic heterocycles. The molecular weight excluding hydrogens is 385 g/mol. The molecule has 0 bridgehead atoms. The molecule has 3 aromatic rings. The minimum absolute atomic E-state index is 0.0430. The van der Waals surface area contributed by atoms with Crippen molar-refractivity contribution in [2.45, 2.75) is 39.2 Å². The van der Waals surface area contributed by atoms with Gasteiger partial charge in [0.2, 0.25) is 0 Å². The minimum Gasteiger partial charge on any atom is -0.438 e. The Bertz CT molecular complexity index is 993. The van der Waals surface area contributed by atoms with Crippen molar-refractivity contribution in [2.24, 2.45) is 0 Å². The summed E-state index contributed by atoms with van der Waals surface area (Å²) in [5.74, 6) is 0.584. The van der Waals surface area contributed by atoms with Crippen molar-refractivity contribution in [3.63, 3.8) is 0 Å². The first-order valence-electron chi connectivity index (χ1n) is 8.56. The molecule has 1 atom stereocenters. The summed E-state index contributed by atoms with van der Waals surface area (Å²) >= 11 is 11.8. The molecule has 27 heavy (non-hydrogen) atoms. The van der Waals surface area contributed by atoms with E-state index in [4.69, 9.17) is 27.9 Å². The van der Waals surface area contributed by atoms with E-state index in [1.54, 1.807) is 25.1 Å². The normalized spacial score (nSPS) is 12.8. The Hall–Kier alpha value is -2.24. The van der Waals surface area contributed by atoms with E-state index >= 15 is 0 Å². The number of amides is 1. The van der Waals surface area contributed by atoms with Gasteiger partial charge in [-0.2, -0.15) is 0 Å². The van der Waals surface area contributed by atoms with Crippen molar-refractivity contribution in [2.75, 3.05) is 5.32 Å². The lowest BCUT2D eigenvalue weighted by atomic mass is 9.87. The zero-order chi connectivity index (χ0) is 19.8. The molecule has 0 fully saturated rings. The number of aromatic nitrogens is 2. The molecule has 0 radical (unpaired) electrons. The number of anilines is 1. The van der Waals surface area contributed by atoms with Gasteiger partial charge in [-0.05, 0) is 48.2 Å². The van der Waals surface area contributed by atoms with Crippen LogP contribution in [0.25, 0.3) is 11.0 Å². The van der Waals surface area contributed by atoms with E-state index in [0.717, 1.165) is 11.0 Å². The van der Waals surface area contributed by atoms with Gasteiger partial charge in [-0.1, -0.05) is 50.0 Å². The van der Waals surface area contributed by atoms with Crippen molar-refractivity contribution in [3.8, 4) is 0 Å². The number of hydrogen-bond acceptors (Lipinski definition) is 3. The van der Waals surface area contributed by atoms with Gasteiger partial charge < -0.3 is 9.72 Å². The Kier molecular flexibility index (Phi) is 5.36. The van der Waals surface area contributed by atoms with Crippen LogP contribution in [0.3, 0.4) is 0 Å². The number of fused-ring (bicyclic) bond motifs is 1. The van der Waals surface area contributed by atoms with E-state index in [0.29, 0.717) is 21.6 Å². The fraction of sp³-hybridized carbons (Fsp3) is 0.300. The van der Waals surface area contributed by atoms with Gasteiger partial charge in [0.25, 0.3) is 0 Å². The molecule has 1 amide bonds. The van der Waals surface area contributed by atoms with Crippen LogP contribution in [0, 0.1) is 0 Å². The molecule has 5 nitrogen and oxygen atoms in total. The van der Waals surface area contributed by atoms with Crippen molar-refractivity contribution >= 4 is 46.0 Å². The van der Waals surface area contributed by atoms with Crippen LogP contribution in [0.5, 0.6) is 0 Å². The van der Waals surface area contributed by atoms with Crippen molar-refractivity contribution in [3.05, 3.63) is 57.8 Å². The number of rotatable bonds is 3. The standard InChI is InChI=1S/C20H21Cl2N3O2/c1-11(27-19(26)23-13-6-7-14(21)15(22)10-13)18-24-16-8-5-12(20(2,3)4)9-17(16)25-18/h5-11H,1-4H3,(H,23,26)(H,24,25)/t11-/m0/s1. The summed E-state index contributed by atoms with van der Waals surface area (Å²) in [5.41, 5.74) is 3.50. The molecule has 0 saturated carbocycles. The van der Waals surface area contributed by atoms with Crippen LogP contribution in [0.2, 0.25) is 10.0 Å². The first kappa shape index (κ1) is 19.5. The molecule has 0 spiro atoms. The number of hydrogen-bond donors (Lipinski definition) is 2. The second kappa shape index (κ2) is 7.41.